The van der Waals surface area contributed by atoms with Gasteiger partial charge in [-0.1, -0.05) is 23.7 Å². The van der Waals surface area contributed by atoms with Crippen LogP contribution in [0.5, 0.6) is 0 Å². The van der Waals surface area contributed by atoms with Crippen LogP contribution < -0.4 is 15.1 Å². The molecule has 0 aliphatic carbocycles. The maximum absolute atomic E-state index is 6.48. The highest BCUT2D eigenvalue weighted by molar-refractivity contribution is 6.33. The van der Waals surface area contributed by atoms with Crippen LogP contribution in [0.3, 0.4) is 0 Å². The highest BCUT2D eigenvalue weighted by Crippen LogP contribution is 2.37. The molecule has 9 heteroatoms. The Morgan fingerprint density at radius 1 is 1.00 bits per heavy atom. The Morgan fingerprint density at radius 3 is 2.57 bits per heavy atom. The summed E-state index contributed by atoms with van der Waals surface area (Å²) in [5.74, 6) is 2.13. The van der Waals surface area contributed by atoms with Gasteiger partial charge in [-0.15, -0.1) is 0 Å². The van der Waals surface area contributed by atoms with Crippen LogP contribution >= 0.6 is 11.6 Å². The number of halogens is 1. The van der Waals surface area contributed by atoms with Gasteiger partial charge >= 0.3 is 0 Å². The van der Waals surface area contributed by atoms with Crippen molar-refractivity contribution in [1.29, 1.82) is 0 Å². The molecule has 0 saturated carbocycles. The van der Waals surface area contributed by atoms with Crippen molar-refractivity contribution in [3.05, 3.63) is 77.7 Å². The Hall–Kier alpha value is -3.62. The van der Waals surface area contributed by atoms with Crippen molar-refractivity contribution in [2.24, 2.45) is 0 Å². The number of aromatic nitrogens is 4. The molecular weight excluding hydrogens is 460 g/mol. The molecule has 1 aliphatic heterocycles. The van der Waals surface area contributed by atoms with E-state index in [4.69, 9.17) is 16.6 Å². The Balaban J connectivity index is 1.32. The molecule has 0 unspecified atom stereocenters. The van der Waals surface area contributed by atoms with Gasteiger partial charge in [0.05, 0.1) is 17.3 Å². The molecule has 0 bridgehead atoms. The van der Waals surface area contributed by atoms with Crippen molar-refractivity contribution in [2.45, 2.75) is 13.0 Å². The molecule has 2 aromatic heterocycles. The number of imidazole rings is 1. The van der Waals surface area contributed by atoms with Crippen molar-refractivity contribution in [3.63, 3.8) is 0 Å². The Kier molecular flexibility index (Phi) is 6.57. The van der Waals surface area contributed by atoms with Crippen molar-refractivity contribution in [3.8, 4) is 5.82 Å². The largest absolute Gasteiger partial charge is 0.375 e. The van der Waals surface area contributed by atoms with Gasteiger partial charge in [0.1, 0.15) is 5.82 Å². The SMILES string of the molecule is CN(C)CCCN(C)c1ccc(Nc2ncc3c(n2)-n2ccnc2N(c2ccccc2Cl)C3)cc1. The van der Waals surface area contributed by atoms with Crippen molar-refractivity contribution in [2.75, 3.05) is 49.3 Å². The molecule has 8 nitrogen and oxygen atoms in total. The second-order valence-corrected chi connectivity index (χ2v) is 9.33. The molecule has 0 saturated heterocycles. The standard InChI is InChI=1S/C26H29ClN8/c1-32(2)14-6-15-33(3)21-11-9-20(10-12-21)30-25-29-17-19-18-35(23-8-5-4-7-22(23)27)26-28-13-16-34(26)24(19)31-25/h4-5,7-13,16-17H,6,14-15,18H2,1-3H3,(H,29,30,31). The van der Waals surface area contributed by atoms with Crippen LogP contribution in [0.1, 0.15) is 12.0 Å². The van der Waals surface area contributed by atoms with Crippen LogP contribution in [0, 0.1) is 0 Å². The number of nitrogens with zero attached hydrogens (tertiary/aromatic N) is 7. The first-order valence-electron chi connectivity index (χ1n) is 11.6. The number of anilines is 5. The minimum atomic E-state index is 0.543. The van der Waals surface area contributed by atoms with Crippen LogP contribution in [-0.4, -0.2) is 58.7 Å². The van der Waals surface area contributed by atoms with Crippen LogP contribution in [0.25, 0.3) is 5.82 Å². The number of nitrogens with one attached hydrogen (secondary N) is 1. The highest BCUT2D eigenvalue weighted by atomic mass is 35.5. The van der Waals surface area contributed by atoms with Crippen molar-refractivity contribution >= 4 is 40.6 Å². The molecule has 4 aromatic rings. The lowest BCUT2D eigenvalue weighted by molar-refractivity contribution is 0.401. The van der Waals surface area contributed by atoms with E-state index >= 15 is 0 Å². The number of hydrogen-bond donors (Lipinski definition) is 1. The minimum absolute atomic E-state index is 0.543. The van der Waals surface area contributed by atoms with E-state index in [0.29, 0.717) is 17.5 Å². The first kappa shape index (κ1) is 23.1. The smallest absolute Gasteiger partial charge is 0.229 e. The summed E-state index contributed by atoms with van der Waals surface area (Å²) >= 11 is 6.48. The van der Waals surface area contributed by atoms with E-state index < -0.39 is 0 Å². The number of para-hydroxylation sites is 1. The molecule has 5 rings (SSSR count). The van der Waals surface area contributed by atoms with Gasteiger partial charge in [0.15, 0.2) is 0 Å². The summed E-state index contributed by atoms with van der Waals surface area (Å²) in [5, 5.41) is 4.01. The average molecular weight is 489 g/mol. The zero-order chi connectivity index (χ0) is 24.4. The maximum Gasteiger partial charge on any atom is 0.229 e. The quantitative estimate of drug-likeness (QED) is 0.370. The second kappa shape index (κ2) is 9.93. The molecule has 3 heterocycles. The third-order valence-electron chi connectivity index (χ3n) is 6.07. The average Bonchev–Trinajstić information content (AvgIpc) is 3.35. The van der Waals surface area contributed by atoms with E-state index in [0.717, 1.165) is 48.2 Å². The topological polar surface area (TPSA) is 65.3 Å². The van der Waals surface area contributed by atoms with Gasteiger partial charge < -0.3 is 20.0 Å². The summed E-state index contributed by atoms with van der Waals surface area (Å²) in [6.07, 6.45) is 6.67. The first-order chi connectivity index (χ1) is 17.0. The van der Waals surface area contributed by atoms with E-state index in [1.54, 1.807) is 6.20 Å². The molecule has 0 radical (unpaired) electrons. The number of benzene rings is 2. The zero-order valence-electron chi connectivity index (χ0n) is 20.2. The molecule has 0 fully saturated rings. The van der Waals surface area contributed by atoms with Crippen LogP contribution in [0.4, 0.5) is 29.0 Å². The lowest BCUT2D eigenvalue weighted by Crippen LogP contribution is -2.27. The van der Waals surface area contributed by atoms with Gasteiger partial charge in [-0.3, -0.25) is 4.57 Å². The van der Waals surface area contributed by atoms with Gasteiger partial charge in [0, 0.05) is 49.1 Å². The van der Waals surface area contributed by atoms with Crippen LogP contribution in [0.15, 0.2) is 67.1 Å². The maximum atomic E-state index is 6.48. The van der Waals surface area contributed by atoms with E-state index in [-0.39, 0.29) is 0 Å². The van der Waals surface area contributed by atoms with E-state index in [9.17, 15) is 0 Å². The predicted molar refractivity (Wildman–Crippen MR) is 143 cm³/mol. The van der Waals surface area contributed by atoms with Gasteiger partial charge in [-0.05, 0) is 63.5 Å². The Labute approximate surface area is 210 Å². The number of hydrogen-bond acceptors (Lipinski definition) is 7. The summed E-state index contributed by atoms with van der Waals surface area (Å²) in [7, 11) is 6.33. The van der Waals surface area contributed by atoms with E-state index in [2.05, 4.69) is 75.4 Å². The zero-order valence-corrected chi connectivity index (χ0v) is 20.9. The minimum Gasteiger partial charge on any atom is -0.375 e. The number of fused-ring (bicyclic) bond motifs is 3. The molecule has 2 aromatic carbocycles. The predicted octanol–water partition coefficient (Wildman–Crippen LogP) is 5.10. The normalized spacial score (nSPS) is 12.4. The second-order valence-electron chi connectivity index (χ2n) is 8.93. The summed E-state index contributed by atoms with van der Waals surface area (Å²) in [4.78, 5) is 20.5. The molecular formula is C26H29ClN8. The fourth-order valence-corrected chi connectivity index (χ4v) is 4.46. The van der Waals surface area contributed by atoms with E-state index in [1.807, 2.05) is 41.2 Å². The molecule has 1 aliphatic rings. The van der Waals surface area contributed by atoms with Crippen molar-refractivity contribution in [1.82, 2.24) is 24.4 Å². The van der Waals surface area contributed by atoms with Crippen LogP contribution in [-0.2, 0) is 6.54 Å². The third kappa shape index (κ3) is 4.94. The molecule has 0 atom stereocenters. The highest BCUT2D eigenvalue weighted by Gasteiger charge is 2.27. The molecule has 35 heavy (non-hydrogen) atoms. The summed E-state index contributed by atoms with van der Waals surface area (Å²) < 4.78 is 1.97. The lowest BCUT2D eigenvalue weighted by atomic mass is 10.2. The van der Waals surface area contributed by atoms with Gasteiger partial charge in [-0.2, -0.15) is 4.98 Å². The fraction of sp³-hybridized carbons (Fsp3) is 0.269. The molecule has 0 amide bonds. The van der Waals surface area contributed by atoms with Gasteiger partial charge in [-0.25, -0.2) is 9.97 Å². The van der Waals surface area contributed by atoms with Gasteiger partial charge in [0.2, 0.25) is 11.9 Å². The van der Waals surface area contributed by atoms with Crippen LogP contribution in [0.2, 0.25) is 5.02 Å². The summed E-state index contributed by atoms with van der Waals surface area (Å²) in [5.41, 5.74) is 4.02. The van der Waals surface area contributed by atoms with Gasteiger partial charge in [0.25, 0.3) is 0 Å². The lowest BCUT2D eigenvalue weighted by Gasteiger charge is -2.30. The van der Waals surface area contributed by atoms with Crippen molar-refractivity contribution < 1.29 is 0 Å². The Bertz CT molecular complexity index is 1300. The first-order valence-corrected chi connectivity index (χ1v) is 12.0. The summed E-state index contributed by atoms with van der Waals surface area (Å²) in [6.45, 7) is 2.68. The molecule has 1 N–H and O–H groups in total. The van der Waals surface area contributed by atoms with E-state index in [1.165, 1.54) is 5.69 Å². The fourth-order valence-electron chi connectivity index (χ4n) is 4.22. The number of rotatable bonds is 8. The molecule has 0 spiro atoms. The molecule has 180 valence electrons. The Morgan fingerprint density at radius 2 is 1.80 bits per heavy atom. The third-order valence-corrected chi connectivity index (χ3v) is 6.39. The monoisotopic (exact) mass is 488 g/mol. The summed E-state index contributed by atoms with van der Waals surface area (Å²) in [6, 6.07) is 16.1.